The third-order valence-electron chi connectivity index (χ3n) is 5.42. The minimum atomic E-state index is -0.252. The molecule has 1 aliphatic heterocycles. The van der Waals surface area contributed by atoms with Gasteiger partial charge in [0.2, 0.25) is 0 Å². The van der Waals surface area contributed by atoms with Crippen molar-refractivity contribution in [2.45, 2.75) is 44.7 Å². The molecule has 5 nitrogen and oxygen atoms in total. The largest absolute Gasteiger partial charge is 0.337 e. The highest BCUT2D eigenvalue weighted by Gasteiger charge is 2.40. The molecule has 2 heterocycles. The molecule has 0 unspecified atom stereocenters. The zero-order chi connectivity index (χ0) is 19.0. The van der Waals surface area contributed by atoms with Crippen molar-refractivity contribution in [1.29, 1.82) is 0 Å². The lowest BCUT2D eigenvalue weighted by atomic mass is 9.94. The van der Waals surface area contributed by atoms with Gasteiger partial charge in [-0.1, -0.05) is 25.3 Å². The van der Waals surface area contributed by atoms with Crippen LogP contribution in [0.1, 0.15) is 68.1 Å². The Morgan fingerprint density at radius 2 is 1.85 bits per heavy atom. The van der Waals surface area contributed by atoms with Crippen molar-refractivity contribution in [3.05, 3.63) is 57.3 Å². The highest BCUT2D eigenvalue weighted by Crippen LogP contribution is 2.31. The molecule has 1 aromatic carbocycles. The molecule has 6 heteroatoms. The van der Waals surface area contributed by atoms with Crippen LogP contribution in [0.4, 0.5) is 0 Å². The summed E-state index contributed by atoms with van der Waals surface area (Å²) in [6, 6.07) is 8.81. The number of rotatable bonds is 4. The summed E-state index contributed by atoms with van der Waals surface area (Å²) in [7, 11) is 1.75. The lowest BCUT2D eigenvalue weighted by molar-refractivity contribution is 0.0548. The molecule has 0 spiro atoms. The van der Waals surface area contributed by atoms with Crippen molar-refractivity contribution >= 4 is 29.1 Å². The van der Waals surface area contributed by atoms with Gasteiger partial charge in [-0.25, -0.2) is 0 Å². The Morgan fingerprint density at radius 1 is 1.11 bits per heavy atom. The molecule has 2 aromatic rings. The number of benzene rings is 1. The van der Waals surface area contributed by atoms with Crippen molar-refractivity contribution < 1.29 is 14.4 Å². The normalized spacial score (nSPS) is 17.3. The van der Waals surface area contributed by atoms with E-state index < -0.39 is 0 Å². The first kappa shape index (κ1) is 17.9. The number of carbonyl (C=O) groups excluding carboxylic acids is 3. The predicted octanol–water partition coefficient (Wildman–Crippen LogP) is 3.95. The first-order valence-electron chi connectivity index (χ1n) is 9.36. The Labute approximate surface area is 162 Å². The Morgan fingerprint density at radius 3 is 2.56 bits per heavy atom. The topological polar surface area (TPSA) is 57.7 Å². The van der Waals surface area contributed by atoms with E-state index in [-0.39, 0.29) is 23.8 Å². The van der Waals surface area contributed by atoms with Crippen LogP contribution >= 0.6 is 11.3 Å². The van der Waals surface area contributed by atoms with Crippen LogP contribution in [0.3, 0.4) is 0 Å². The highest BCUT2D eigenvalue weighted by atomic mass is 32.1. The fourth-order valence-electron chi connectivity index (χ4n) is 3.99. The van der Waals surface area contributed by atoms with Gasteiger partial charge >= 0.3 is 0 Å². The van der Waals surface area contributed by atoms with Crippen LogP contribution in [0.25, 0.3) is 0 Å². The SMILES string of the molecule is CN(Cc1cccs1)C(=O)c1ccc2c(c1)C(=O)N(C1CCCCC1)C2=O. The summed E-state index contributed by atoms with van der Waals surface area (Å²) in [4.78, 5) is 42.6. The van der Waals surface area contributed by atoms with Gasteiger partial charge in [-0.2, -0.15) is 0 Å². The smallest absolute Gasteiger partial charge is 0.261 e. The number of nitrogens with zero attached hydrogens (tertiary/aromatic N) is 2. The Balaban J connectivity index is 1.56. The van der Waals surface area contributed by atoms with Crippen LogP contribution in [0.2, 0.25) is 0 Å². The number of hydrogen-bond acceptors (Lipinski definition) is 4. The standard InChI is InChI=1S/C21H22N2O3S/c1-22(13-16-8-5-11-27-16)19(24)14-9-10-17-18(12-14)21(26)23(20(17)25)15-6-3-2-4-7-15/h5,8-12,15H,2-4,6-7,13H2,1H3. The molecular formula is C21H22N2O3S. The fraction of sp³-hybridized carbons (Fsp3) is 0.381. The molecule has 1 aliphatic carbocycles. The van der Waals surface area contributed by atoms with Gasteiger partial charge in [0.15, 0.2) is 0 Å². The van der Waals surface area contributed by atoms with Crippen LogP contribution in [0, 0.1) is 0 Å². The van der Waals surface area contributed by atoms with E-state index in [0.717, 1.165) is 37.0 Å². The fourth-order valence-corrected chi connectivity index (χ4v) is 4.75. The number of hydrogen-bond donors (Lipinski definition) is 0. The minimum Gasteiger partial charge on any atom is -0.337 e. The van der Waals surface area contributed by atoms with Crippen molar-refractivity contribution in [2.24, 2.45) is 0 Å². The van der Waals surface area contributed by atoms with Crippen molar-refractivity contribution in [3.8, 4) is 0 Å². The van der Waals surface area contributed by atoms with Gasteiger partial charge < -0.3 is 4.90 Å². The second-order valence-corrected chi connectivity index (χ2v) is 8.31. The summed E-state index contributed by atoms with van der Waals surface area (Å²) in [5.41, 5.74) is 1.23. The van der Waals surface area contributed by atoms with Crippen molar-refractivity contribution in [1.82, 2.24) is 9.80 Å². The lowest BCUT2D eigenvalue weighted by Crippen LogP contribution is -2.40. The summed E-state index contributed by atoms with van der Waals surface area (Å²) in [6.45, 7) is 0.522. The van der Waals surface area contributed by atoms with Crippen LogP contribution in [0.15, 0.2) is 35.7 Å². The Kier molecular flexibility index (Phi) is 4.83. The second-order valence-electron chi connectivity index (χ2n) is 7.27. The van der Waals surface area contributed by atoms with Crippen molar-refractivity contribution in [3.63, 3.8) is 0 Å². The average molecular weight is 382 g/mol. The van der Waals surface area contributed by atoms with Gasteiger partial charge in [-0.15, -0.1) is 11.3 Å². The summed E-state index contributed by atoms with van der Waals surface area (Å²) < 4.78 is 0. The number of thiophene rings is 1. The van der Waals surface area contributed by atoms with E-state index in [4.69, 9.17) is 0 Å². The molecule has 0 bridgehead atoms. The van der Waals surface area contributed by atoms with E-state index in [9.17, 15) is 14.4 Å². The molecule has 0 N–H and O–H groups in total. The first-order chi connectivity index (χ1) is 13.1. The molecule has 1 fully saturated rings. The molecule has 1 saturated carbocycles. The molecule has 0 atom stereocenters. The van der Waals surface area contributed by atoms with Crippen LogP contribution < -0.4 is 0 Å². The van der Waals surface area contributed by atoms with Gasteiger partial charge in [0.05, 0.1) is 17.7 Å². The summed E-state index contributed by atoms with van der Waals surface area (Å²) in [5.74, 6) is -0.618. The maximum absolute atomic E-state index is 12.9. The van der Waals surface area contributed by atoms with Gasteiger partial charge in [0, 0.05) is 23.5 Å². The zero-order valence-corrected chi connectivity index (χ0v) is 16.1. The number of carbonyl (C=O) groups is 3. The molecule has 4 rings (SSSR count). The van der Waals surface area contributed by atoms with Gasteiger partial charge in [-0.05, 0) is 42.5 Å². The average Bonchev–Trinajstić information content (AvgIpc) is 3.28. The third kappa shape index (κ3) is 3.30. The van der Waals surface area contributed by atoms with E-state index in [1.165, 1.54) is 4.90 Å². The van der Waals surface area contributed by atoms with E-state index in [1.54, 1.807) is 41.5 Å². The van der Waals surface area contributed by atoms with Gasteiger partial charge in [0.25, 0.3) is 17.7 Å². The summed E-state index contributed by atoms with van der Waals surface area (Å²) >= 11 is 1.60. The summed E-state index contributed by atoms with van der Waals surface area (Å²) in [5, 5.41) is 1.98. The molecule has 0 radical (unpaired) electrons. The molecule has 1 aromatic heterocycles. The Hall–Kier alpha value is -2.47. The van der Waals surface area contributed by atoms with E-state index in [2.05, 4.69) is 0 Å². The number of fused-ring (bicyclic) bond motifs is 1. The molecule has 140 valence electrons. The number of amides is 3. The molecule has 3 amide bonds. The van der Waals surface area contributed by atoms with E-state index in [0.29, 0.717) is 23.2 Å². The molecular weight excluding hydrogens is 360 g/mol. The summed E-state index contributed by atoms with van der Waals surface area (Å²) in [6.07, 6.45) is 5.02. The molecule has 2 aliphatic rings. The lowest BCUT2D eigenvalue weighted by Gasteiger charge is -2.29. The number of imide groups is 1. The predicted molar refractivity (Wildman–Crippen MR) is 104 cm³/mol. The van der Waals surface area contributed by atoms with Gasteiger partial charge in [0.1, 0.15) is 0 Å². The molecule has 0 saturated heterocycles. The third-order valence-corrected chi connectivity index (χ3v) is 6.29. The van der Waals surface area contributed by atoms with Crippen molar-refractivity contribution in [2.75, 3.05) is 7.05 Å². The van der Waals surface area contributed by atoms with Gasteiger partial charge in [-0.3, -0.25) is 19.3 Å². The van der Waals surface area contributed by atoms with Crippen LogP contribution in [-0.2, 0) is 6.54 Å². The first-order valence-corrected chi connectivity index (χ1v) is 10.2. The van der Waals surface area contributed by atoms with Crippen LogP contribution in [0.5, 0.6) is 0 Å². The van der Waals surface area contributed by atoms with Crippen LogP contribution in [-0.4, -0.2) is 40.6 Å². The minimum absolute atomic E-state index is 0.00759. The Bertz CT molecular complexity index is 885. The maximum Gasteiger partial charge on any atom is 0.261 e. The monoisotopic (exact) mass is 382 g/mol. The highest BCUT2D eigenvalue weighted by molar-refractivity contribution is 7.09. The molecule has 27 heavy (non-hydrogen) atoms. The zero-order valence-electron chi connectivity index (χ0n) is 15.3. The maximum atomic E-state index is 12.9. The quantitative estimate of drug-likeness (QED) is 0.753. The van der Waals surface area contributed by atoms with E-state index in [1.807, 2.05) is 17.5 Å². The second kappa shape index (κ2) is 7.27. The van der Waals surface area contributed by atoms with E-state index >= 15 is 0 Å².